The Labute approximate surface area is 165 Å². The van der Waals surface area contributed by atoms with Gasteiger partial charge in [-0.25, -0.2) is 16.1 Å². The van der Waals surface area contributed by atoms with Crippen molar-refractivity contribution in [2.45, 2.75) is 45.8 Å². The number of aromatic nitrogens is 3. The SMILES string of the molecule is C[C-]=C(N=C(C)N1CCN(N)C(C2(O)CC2(C)C)C1)c1[nH]nc2ncccc12.[Fm]. The Morgan fingerprint density at radius 1 is 1.41 bits per heavy atom. The third-order valence-corrected chi connectivity index (χ3v) is 6.27. The molecule has 1 saturated heterocycles. The smallest absolute Gasteiger partial charge is 0.161 e. The first-order valence-electron chi connectivity index (χ1n) is 9.65. The summed E-state index contributed by atoms with van der Waals surface area (Å²) in [6.07, 6.45) is 5.65. The second-order valence-electron chi connectivity index (χ2n) is 8.42. The summed E-state index contributed by atoms with van der Waals surface area (Å²) in [4.78, 5) is 11.3. The quantitative estimate of drug-likeness (QED) is 0.204. The van der Waals surface area contributed by atoms with Crippen LogP contribution in [-0.2, 0) is 0 Å². The predicted molar refractivity (Wildman–Crippen MR) is 109 cm³/mol. The van der Waals surface area contributed by atoms with Crippen molar-refractivity contribution in [3.8, 4) is 0 Å². The number of hydrogen-bond acceptors (Lipinski definition) is 6. The summed E-state index contributed by atoms with van der Waals surface area (Å²) >= 11 is 0. The molecule has 2 aliphatic rings. The molecule has 0 radical (unpaired) electrons. The fourth-order valence-electron chi connectivity index (χ4n) is 4.21. The van der Waals surface area contributed by atoms with E-state index in [1.807, 2.05) is 26.0 Å². The van der Waals surface area contributed by atoms with Crippen molar-refractivity contribution in [2.75, 3.05) is 19.6 Å². The predicted octanol–water partition coefficient (Wildman–Crippen LogP) is 1.56. The van der Waals surface area contributed by atoms with Gasteiger partial charge in [-0.15, -0.1) is 6.92 Å². The maximum absolute atomic E-state index is 11.0. The molecular formula is C20H28FmN7O-. The van der Waals surface area contributed by atoms with Gasteiger partial charge in [-0.05, 0) is 30.2 Å². The van der Waals surface area contributed by atoms with Crippen molar-refractivity contribution in [2.24, 2.45) is 16.3 Å². The Kier molecular flexibility index (Phi) is 4.90. The molecule has 2 atom stereocenters. The molecule has 162 valence electrons. The molecule has 2 fully saturated rings. The van der Waals surface area contributed by atoms with Gasteiger partial charge in [-0.2, -0.15) is 5.10 Å². The van der Waals surface area contributed by atoms with Gasteiger partial charge >= 0.3 is 0 Å². The molecule has 1 aliphatic carbocycles. The molecule has 0 spiro atoms. The first-order valence-corrected chi connectivity index (χ1v) is 9.65. The molecule has 29 heavy (non-hydrogen) atoms. The molecule has 2 aromatic heterocycles. The molecule has 9 heteroatoms. The van der Waals surface area contributed by atoms with Gasteiger partial charge in [0.1, 0.15) is 0 Å². The van der Waals surface area contributed by atoms with Crippen LogP contribution in [0.2, 0.25) is 0 Å². The van der Waals surface area contributed by atoms with Crippen LogP contribution in [0.1, 0.15) is 39.8 Å². The largest absolute Gasteiger partial charge is 0.388 e. The van der Waals surface area contributed by atoms with Crippen molar-refractivity contribution < 1.29 is 5.11 Å². The van der Waals surface area contributed by atoms with Gasteiger partial charge in [0.15, 0.2) is 5.65 Å². The third-order valence-electron chi connectivity index (χ3n) is 6.27. The average Bonchev–Trinajstić information content (AvgIpc) is 3.01. The summed E-state index contributed by atoms with van der Waals surface area (Å²) in [5.74, 6) is 7.10. The minimum Gasteiger partial charge on any atom is -0.388 e. The number of hydrogen-bond donors (Lipinski definition) is 3. The fourth-order valence-corrected chi connectivity index (χ4v) is 4.21. The van der Waals surface area contributed by atoms with Crippen LogP contribution in [0.25, 0.3) is 16.7 Å². The van der Waals surface area contributed by atoms with Crippen LogP contribution in [0.5, 0.6) is 0 Å². The van der Waals surface area contributed by atoms with E-state index in [4.69, 9.17) is 10.8 Å². The molecule has 8 nitrogen and oxygen atoms in total. The van der Waals surface area contributed by atoms with Gasteiger partial charge in [0.2, 0.25) is 0 Å². The summed E-state index contributed by atoms with van der Waals surface area (Å²) in [6.45, 7) is 10.1. The number of pyridine rings is 1. The number of H-pyrrole nitrogens is 1. The zero-order valence-corrected chi connectivity index (χ0v) is 19.6. The number of fused-ring (bicyclic) bond motifs is 1. The van der Waals surface area contributed by atoms with Gasteiger partial charge in [-0.3, -0.25) is 10.8 Å². The maximum atomic E-state index is 11.0. The summed E-state index contributed by atoms with van der Waals surface area (Å²) in [5.41, 5.74) is 1.31. The first kappa shape index (κ1) is 20.4. The summed E-state index contributed by atoms with van der Waals surface area (Å²) < 4.78 is 0. The van der Waals surface area contributed by atoms with Crippen molar-refractivity contribution in [3.63, 3.8) is 0 Å². The number of nitrogens with one attached hydrogen (secondary N) is 1. The first-order chi connectivity index (χ1) is 13.3. The number of nitrogens with zero attached hydrogens (tertiary/aromatic N) is 5. The number of aliphatic hydroxyl groups is 1. The number of hydrazine groups is 1. The van der Waals surface area contributed by atoms with Crippen LogP contribution in [0.15, 0.2) is 23.3 Å². The van der Waals surface area contributed by atoms with E-state index in [9.17, 15) is 5.11 Å². The van der Waals surface area contributed by atoms with Gasteiger partial charge in [0.25, 0.3) is 0 Å². The van der Waals surface area contributed by atoms with Gasteiger partial charge in [0.05, 0.1) is 17.5 Å². The summed E-state index contributed by atoms with van der Waals surface area (Å²) in [7, 11) is 0. The maximum Gasteiger partial charge on any atom is 0.161 e. The normalized spacial score (nSPS) is 27.8. The Morgan fingerprint density at radius 3 is 2.79 bits per heavy atom. The van der Waals surface area contributed by atoms with Crippen LogP contribution in [0, 0.1) is 11.5 Å². The van der Waals surface area contributed by atoms with E-state index >= 15 is 0 Å². The number of allylic oxidation sites excluding steroid dienone is 1. The Hall–Kier alpha value is -3.29. The number of rotatable bonds is 3. The molecule has 4 N–H and O–H groups in total. The van der Waals surface area contributed by atoms with E-state index in [2.05, 4.69) is 40.0 Å². The van der Waals surface area contributed by atoms with Crippen LogP contribution in [0.4, 0.5) is 0 Å². The number of piperazine rings is 1. The zero-order valence-electron chi connectivity index (χ0n) is 17.2. The molecule has 4 rings (SSSR count). The van der Waals surface area contributed by atoms with E-state index in [-0.39, 0.29) is 11.5 Å². The number of aliphatic imine (C=N–C) groups is 1. The molecule has 3 heterocycles. The van der Waals surface area contributed by atoms with E-state index in [1.165, 1.54) is 0 Å². The van der Waals surface area contributed by atoms with E-state index in [0.29, 0.717) is 24.4 Å². The van der Waals surface area contributed by atoms with Gasteiger partial charge < -0.3 is 15.1 Å². The van der Waals surface area contributed by atoms with Gasteiger partial charge in [0, 0.05) is 25.8 Å². The third kappa shape index (κ3) is 3.24. The number of nitrogens with two attached hydrogens (primary N) is 1. The van der Waals surface area contributed by atoms with Crippen molar-refractivity contribution in [1.29, 1.82) is 0 Å². The minimum absolute atomic E-state index is 0. The monoisotopic (exact) mass is 639 g/mol. The van der Waals surface area contributed by atoms with Crippen LogP contribution in [-0.4, -0.2) is 67.3 Å². The van der Waals surface area contributed by atoms with Crippen molar-refractivity contribution >= 4 is 22.6 Å². The second kappa shape index (κ2) is 6.95. The standard InChI is InChI=1S/C20H28N7O.Fm/c1-5-15(17-14-7-6-8-22-18(14)25-24-17)23-13(2)26-9-10-27(21)16(11-26)20(28)12-19(20,3)4;/h6-8,16,28H,9-12,21H2,1-4H3,(H,22,24,25);/q-1;. The fraction of sp³-hybridized carbons (Fsp3) is 0.550. The molecule has 2 aromatic rings. The average molecular weight is 639 g/mol. The molecule has 1 saturated carbocycles. The molecule has 0 bridgehead atoms. The molecule has 0 aromatic carbocycles. The number of aromatic amines is 1. The second-order valence-corrected chi connectivity index (χ2v) is 8.42. The summed E-state index contributed by atoms with van der Waals surface area (Å²) in [5, 5.41) is 21.0. The Bertz CT molecular complexity index is 953. The Balaban J connectivity index is 0.00000240. The zero-order chi connectivity index (χ0) is 20.1. The molecule has 2 unspecified atom stereocenters. The topological polar surface area (TPSA) is 107 Å². The van der Waals surface area contributed by atoms with Crippen molar-refractivity contribution in [1.82, 2.24) is 25.1 Å². The number of amidine groups is 1. The van der Waals surface area contributed by atoms with E-state index in [1.54, 1.807) is 11.2 Å². The van der Waals surface area contributed by atoms with Crippen LogP contribution >= 0.6 is 0 Å². The molecule has 1 aliphatic heterocycles. The van der Waals surface area contributed by atoms with E-state index in [0.717, 1.165) is 29.9 Å². The van der Waals surface area contributed by atoms with Crippen LogP contribution < -0.4 is 5.84 Å². The van der Waals surface area contributed by atoms with E-state index < -0.39 is 5.60 Å². The molecular weight excluding hydrogens is 611 g/mol. The van der Waals surface area contributed by atoms with Gasteiger partial charge in [-0.1, -0.05) is 31.3 Å². The minimum atomic E-state index is -0.749. The summed E-state index contributed by atoms with van der Waals surface area (Å²) in [6, 6.07) is 3.74. The van der Waals surface area contributed by atoms with Crippen LogP contribution in [0.3, 0.4) is 0 Å². The van der Waals surface area contributed by atoms with Crippen molar-refractivity contribution in [3.05, 3.63) is 30.1 Å². The Morgan fingerprint density at radius 2 is 2.14 bits per heavy atom. The molecule has 0 amide bonds.